The summed E-state index contributed by atoms with van der Waals surface area (Å²) in [5.41, 5.74) is 1.83. The monoisotopic (exact) mass is 234 g/mol. The van der Waals surface area contributed by atoms with Gasteiger partial charge in [0, 0.05) is 12.0 Å². The van der Waals surface area contributed by atoms with Crippen LogP contribution in [-0.2, 0) is 4.79 Å². The molecule has 0 heterocycles. The second kappa shape index (κ2) is 4.77. The summed E-state index contributed by atoms with van der Waals surface area (Å²) in [5, 5.41) is 9.23. The lowest BCUT2D eigenvalue weighted by Crippen LogP contribution is -2.38. The highest BCUT2D eigenvalue weighted by Gasteiger charge is 2.40. The van der Waals surface area contributed by atoms with E-state index in [1.807, 2.05) is 6.08 Å². The average molecular weight is 234 g/mol. The molecule has 1 N–H and O–H groups in total. The Hall–Kier alpha value is -0.890. The van der Waals surface area contributed by atoms with E-state index in [0.29, 0.717) is 35.7 Å². The Morgan fingerprint density at radius 2 is 2.24 bits per heavy atom. The molecule has 0 aromatic rings. The third-order valence-corrected chi connectivity index (χ3v) is 4.60. The number of hydrogen-bond acceptors (Lipinski definition) is 2. The van der Waals surface area contributed by atoms with Crippen LogP contribution in [0.1, 0.15) is 33.1 Å². The summed E-state index contributed by atoms with van der Waals surface area (Å²) in [4.78, 5) is 11.9. The molecule has 1 saturated carbocycles. The standard InChI is InChI=1S/C15H22O2/c1-9(2)12-5-4-10(3)13-7-15(17)11(8-16)6-14(12)13/h6,10,12-14,16H,1,4-5,7-8H2,2-3H3. The molecule has 4 atom stereocenters. The van der Waals surface area contributed by atoms with Gasteiger partial charge in [0.2, 0.25) is 0 Å². The van der Waals surface area contributed by atoms with Crippen LogP contribution in [-0.4, -0.2) is 17.5 Å². The Bertz CT molecular complexity index is 367. The molecule has 0 aromatic carbocycles. The van der Waals surface area contributed by atoms with Gasteiger partial charge in [-0.15, -0.1) is 0 Å². The highest BCUT2D eigenvalue weighted by atomic mass is 16.3. The fourth-order valence-corrected chi connectivity index (χ4v) is 3.49. The van der Waals surface area contributed by atoms with Gasteiger partial charge in [0.15, 0.2) is 5.78 Å². The topological polar surface area (TPSA) is 37.3 Å². The van der Waals surface area contributed by atoms with E-state index in [4.69, 9.17) is 0 Å². The summed E-state index contributed by atoms with van der Waals surface area (Å²) in [6.45, 7) is 8.31. The predicted octanol–water partition coefficient (Wildman–Crippen LogP) is 2.73. The quantitative estimate of drug-likeness (QED) is 0.746. The molecule has 17 heavy (non-hydrogen) atoms. The summed E-state index contributed by atoms with van der Waals surface area (Å²) in [5.74, 6) is 2.11. The fourth-order valence-electron chi connectivity index (χ4n) is 3.49. The molecule has 0 saturated heterocycles. The van der Waals surface area contributed by atoms with Crippen LogP contribution in [0.15, 0.2) is 23.8 Å². The van der Waals surface area contributed by atoms with Crippen molar-refractivity contribution < 1.29 is 9.90 Å². The predicted molar refractivity (Wildman–Crippen MR) is 68.5 cm³/mol. The van der Waals surface area contributed by atoms with Crippen LogP contribution in [0.4, 0.5) is 0 Å². The first kappa shape index (κ1) is 12.6. The van der Waals surface area contributed by atoms with Crippen molar-refractivity contribution in [3.8, 4) is 0 Å². The Balaban J connectivity index is 2.32. The van der Waals surface area contributed by atoms with Crippen molar-refractivity contribution in [2.24, 2.45) is 23.7 Å². The van der Waals surface area contributed by atoms with Gasteiger partial charge in [0.25, 0.3) is 0 Å². The number of aliphatic hydroxyl groups excluding tert-OH is 1. The first-order valence-electron chi connectivity index (χ1n) is 6.54. The van der Waals surface area contributed by atoms with Crippen LogP contribution < -0.4 is 0 Å². The minimum absolute atomic E-state index is 0.112. The summed E-state index contributed by atoms with van der Waals surface area (Å²) >= 11 is 0. The zero-order valence-corrected chi connectivity index (χ0v) is 10.8. The number of fused-ring (bicyclic) bond motifs is 1. The number of rotatable bonds is 2. The van der Waals surface area contributed by atoms with Gasteiger partial charge in [0.05, 0.1) is 6.61 Å². The van der Waals surface area contributed by atoms with Crippen molar-refractivity contribution in [1.29, 1.82) is 0 Å². The van der Waals surface area contributed by atoms with Gasteiger partial charge < -0.3 is 5.11 Å². The van der Waals surface area contributed by atoms with E-state index in [1.165, 1.54) is 18.4 Å². The van der Waals surface area contributed by atoms with Crippen molar-refractivity contribution in [1.82, 2.24) is 0 Å². The van der Waals surface area contributed by atoms with Gasteiger partial charge in [0.1, 0.15) is 0 Å². The highest BCUT2D eigenvalue weighted by molar-refractivity contribution is 5.96. The lowest BCUT2D eigenvalue weighted by Gasteiger charge is -2.43. The number of carbonyl (C=O) groups is 1. The van der Waals surface area contributed by atoms with E-state index in [9.17, 15) is 9.90 Å². The molecule has 0 spiro atoms. The van der Waals surface area contributed by atoms with Crippen LogP contribution in [0.5, 0.6) is 0 Å². The summed E-state index contributed by atoms with van der Waals surface area (Å²) in [6.07, 6.45) is 5.00. The molecular weight excluding hydrogens is 212 g/mol. The molecule has 4 unspecified atom stereocenters. The molecule has 94 valence electrons. The normalized spacial score (nSPS) is 37.4. The van der Waals surface area contributed by atoms with E-state index in [2.05, 4.69) is 20.4 Å². The number of aliphatic hydroxyl groups is 1. The smallest absolute Gasteiger partial charge is 0.161 e. The SMILES string of the molecule is C=C(C)C1CCC(C)C2CC(=O)C(CO)=CC12. The van der Waals surface area contributed by atoms with Crippen molar-refractivity contribution >= 4 is 5.78 Å². The number of hydrogen-bond donors (Lipinski definition) is 1. The maximum Gasteiger partial charge on any atom is 0.161 e. The van der Waals surface area contributed by atoms with Crippen molar-refractivity contribution in [2.45, 2.75) is 33.1 Å². The molecule has 0 radical (unpaired) electrons. The van der Waals surface area contributed by atoms with Crippen LogP contribution in [0, 0.1) is 23.7 Å². The summed E-state index contributed by atoms with van der Waals surface area (Å²) in [6, 6.07) is 0. The van der Waals surface area contributed by atoms with Gasteiger partial charge in [-0.2, -0.15) is 0 Å². The molecule has 0 amide bonds. The lowest BCUT2D eigenvalue weighted by atomic mass is 9.61. The second-order valence-electron chi connectivity index (χ2n) is 5.73. The Morgan fingerprint density at radius 3 is 2.82 bits per heavy atom. The summed E-state index contributed by atoms with van der Waals surface area (Å²) in [7, 11) is 0. The van der Waals surface area contributed by atoms with Crippen molar-refractivity contribution in [2.75, 3.05) is 6.61 Å². The third kappa shape index (κ3) is 2.23. The number of carbonyl (C=O) groups excluding carboxylic acids is 1. The number of allylic oxidation sites excluding steroid dienone is 2. The molecular formula is C15H22O2. The van der Waals surface area contributed by atoms with Crippen LogP contribution >= 0.6 is 0 Å². The van der Waals surface area contributed by atoms with E-state index in [0.717, 1.165) is 0 Å². The van der Waals surface area contributed by atoms with E-state index >= 15 is 0 Å². The van der Waals surface area contributed by atoms with E-state index in [1.54, 1.807) is 0 Å². The third-order valence-electron chi connectivity index (χ3n) is 4.60. The minimum Gasteiger partial charge on any atom is -0.392 e. The first-order valence-corrected chi connectivity index (χ1v) is 6.54. The van der Waals surface area contributed by atoms with Gasteiger partial charge in [-0.25, -0.2) is 0 Å². The average Bonchev–Trinajstić information content (AvgIpc) is 2.29. The molecule has 1 fully saturated rings. The number of Topliss-reactive ketones (excluding diaryl/α,β-unsaturated/α-hetero) is 1. The zero-order chi connectivity index (χ0) is 12.6. The molecule has 0 bridgehead atoms. The molecule has 0 aromatic heterocycles. The zero-order valence-electron chi connectivity index (χ0n) is 10.8. The van der Waals surface area contributed by atoms with Crippen LogP contribution in [0.25, 0.3) is 0 Å². The molecule has 2 nitrogen and oxygen atoms in total. The number of ketones is 1. The minimum atomic E-state index is -0.112. The van der Waals surface area contributed by atoms with Gasteiger partial charge in [-0.1, -0.05) is 25.2 Å². The maximum absolute atomic E-state index is 11.9. The molecule has 2 rings (SSSR count). The second-order valence-corrected chi connectivity index (χ2v) is 5.73. The maximum atomic E-state index is 11.9. The van der Waals surface area contributed by atoms with Gasteiger partial charge >= 0.3 is 0 Å². The fraction of sp³-hybridized carbons (Fsp3) is 0.667. The molecule has 2 aliphatic carbocycles. The highest BCUT2D eigenvalue weighted by Crippen LogP contribution is 2.46. The van der Waals surface area contributed by atoms with Gasteiger partial charge in [-0.3, -0.25) is 4.79 Å². The van der Waals surface area contributed by atoms with Crippen molar-refractivity contribution in [3.05, 3.63) is 23.8 Å². The van der Waals surface area contributed by atoms with E-state index in [-0.39, 0.29) is 12.4 Å². The molecule has 2 aliphatic rings. The van der Waals surface area contributed by atoms with Crippen LogP contribution in [0.3, 0.4) is 0 Å². The Labute approximate surface area is 103 Å². The first-order chi connectivity index (χ1) is 8.04. The van der Waals surface area contributed by atoms with E-state index < -0.39 is 0 Å². The Morgan fingerprint density at radius 1 is 1.53 bits per heavy atom. The van der Waals surface area contributed by atoms with Crippen molar-refractivity contribution in [3.63, 3.8) is 0 Å². The van der Waals surface area contributed by atoms with Crippen LogP contribution in [0.2, 0.25) is 0 Å². The molecule has 0 aliphatic heterocycles. The lowest BCUT2D eigenvalue weighted by molar-refractivity contribution is -0.119. The van der Waals surface area contributed by atoms with Gasteiger partial charge in [-0.05, 0) is 43.4 Å². The molecule has 2 heteroatoms. The summed E-state index contributed by atoms with van der Waals surface area (Å²) < 4.78 is 0. The Kier molecular flexibility index (Phi) is 3.53. The largest absolute Gasteiger partial charge is 0.392 e.